The number of thioether (sulfide) groups is 1. The molecule has 0 bridgehead atoms. The summed E-state index contributed by atoms with van der Waals surface area (Å²) in [5.41, 5.74) is 0.268. The number of aryl methyl sites for hydroxylation is 1. The van der Waals surface area contributed by atoms with Crippen LogP contribution in [0.4, 0.5) is 30.6 Å². The molecule has 3 aromatic rings. The monoisotopic (exact) mass is 462 g/mol. The average molecular weight is 463 g/mol. The third-order valence-electron chi connectivity index (χ3n) is 4.85. The molecule has 0 spiro atoms. The summed E-state index contributed by atoms with van der Waals surface area (Å²) >= 11 is 1.49. The highest BCUT2D eigenvalue weighted by atomic mass is 32.2. The number of halogens is 3. The van der Waals surface area contributed by atoms with Crippen molar-refractivity contribution in [3.63, 3.8) is 0 Å². The van der Waals surface area contributed by atoms with Crippen LogP contribution in [0.3, 0.4) is 0 Å². The maximum absolute atomic E-state index is 13.8. The van der Waals surface area contributed by atoms with Crippen LogP contribution in [0.15, 0.2) is 41.7 Å². The van der Waals surface area contributed by atoms with Gasteiger partial charge in [-0.25, -0.2) is 9.97 Å². The molecule has 1 N–H and O–H groups in total. The van der Waals surface area contributed by atoms with Crippen molar-refractivity contribution in [1.29, 1.82) is 0 Å². The van der Waals surface area contributed by atoms with Crippen molar-refractivity contribution in [1.82, 2.24) is 19.9 Å². The zero-order chi connectivity index (χ0) is 22.7. The van der Waals surface area contributed by atoms with Gasteiger partial charge >= 0.3 is 6.18 Å². The number of rotatable bonds is 5. The van der Waals surface area contributed by atoms with Gasteiger partial charge in [0.1, 0.15) is 5.82 Å². The molecular formula is C21H21F3N6OS. The number of aromatic nitrogens is 4. The Balaban J connectivity index is 1.81. The zero-order valence-electron chi connectivity index (χ0n) is 17.5. The Morgan fingerprint density at radius 2 is 1.88 bits per heavy atom. The first-order chi connectivity index (χ1) is 15.3. The first-order valence-corrected chi connectivity index (χ1v) is 11.1. The van der Waals surface area contributed by atoms with Crippen molar-refractivity contribution >= 4 is 29.2 Å². The van der Waals surface area contributed by atoms with Crippen molar-refractivity contribution in [2.24, 2.45) is 0 Å². The second-order valence-electron chi connectivity index (χ2n) is 7.12. The van der Waals surface area contributed by atoms with Crippen molar-refractivity contribution < 1.29 is 17.9 Å². The summed E-state index contributed by atoms with van der Waals surface area (Å²) in [6, 6.07) is 6.15. The van der Waals surface area contributed by atoms with Gasteiger partial charge in [0.15, 0.2) is 0 Å². The molecule has 0 aromatic carbocycles. The molecule has 1 fully saturated rings. The summed E-state index contributed by atoms with van der Waals surface area (Å²) in [5, 5.41) is 3.98. The van der Waals surface area contributed by atoms with Gasteiger partial charge < -0.3 is 15.0 Å². The average Bonchev–Trinajstić information content (AvgIpc) is 2.79. The van der Waals surface area contributed by atoms with Crippen LogP contribution < -0.4 is 10.2 Å². The number of morpholine rings is 1. The quantitative estimate of drug-likeness (QED) is 0.553. The van der Waals surface area contributed by atoms with E-state index in [1.54, 1.807) is 12.3 Å². The third kappa shape index (κ3) is 5.10. The Kier molecular flexibility index (Phi) is 6.47. The van der Waals surface area contributed by atoms with Crippen LogP contribution in [0.2, 0.25) is 0 Å². The van der Waals surface area contributed by atoms with Crippen molar-refractivity contribution in [3.05, 3.63) is 47.9 Å². The van der Waals surface area contributed by atoms with Gasteiger partial charge in [0, 0.05) is 48.5 Å². The Morgan fingerprint density at radius 3 is 2.59 bits per heavy atom. The standard InChI is InChI=1S/C21H21F3N6OS/c1-13-9-16(21(22,23)24)15(12-26-13)17-11-18(27-14-3-4-25-19(10-14)32-2)29-20(28-17)30-5-7-31-8-6-30/h3-4,9-12H,5-8H2,1-2H3,(H,25,27,28,29). The number of hydrogen-bond acceptors (Lipinski definition) is 8. The van der Waals surface area contributed by atoms with Crippen LogP contribution in [0.5, 0.6) is 0 Å². The van der Waals surface area contributed by atoms with E-state index >= 15 is 0 Å². The molecule has 3 aromatic heterocycles. The molecule has 1 saturated heterocycles. The lowest BCUT2D eigenvalue weighted by Gasteiger charge is -2.27. The molecular weight excluding hydrogens is 441 g/mol. The fraction of sp³-hybridized carbons (Fsp3) is 0.333. The van der Waals surface area contributed by atoms with Gasteiger partial charge in [-0.1, -0.05) is 0 Å². The molecule has 1 aliphatic heterocycles. The fourth-order valence-corrected chi connectivity index (χ4v) is 3.70. The van der Waals surface area contributed by atoms with E-state index in [0.717, 1.165) is 16.8 Å². The smallest absolute Gasteiger partial charge is 0.378 e. The van der Waals surface area contributed by atoms with E-state index in [2.05, 4.69) is 25.3 Å². The topological polar surface area (TPSA) is 76.1 Å². The Morgan fingerprint density at radius 1 is 1.09 bits per heavy atom. The highest BCUT2D eigenvalue weighted by Gasteiger charge is 2.35. The Hall–Kier alpha value is -2.92. The highest BCUT2D eigenvalue weighted by Crippen LogP contribution is 2.37. The number of anilines is 3. The zero-order valence-corrected chi connectivity index (χ0v) is 18.3. The van der Waals surface area contributed by atoms with E-state index in [4.69, 9.17) is 4.74 Å². The predicted molar refractivity (Wildman–Crippen MR) is 117 cm³/mol. The molecule has 0 saturated carbocycles. The van der Waals surface area contributed by atoms with Crippen molar-refractivity contribution in [2.45, 2.75) is 18.1 Å². The molecule has 168 valence electrons. The van der Waals surface area contributed by atoms with E-state index in [0.29, 0.717) is 38.1 Å². The molecule has 1 aliphatic rings. The van der Waals surface area contributed by atoms with Crippen LogP contribution in [0.25, 0.3) is 11.3 Å². The first kappa shape index (κ1) is 22.3. The van der Waals surface area contributed by atoms with Gasteiger partial charge in [-0.3, -0.25) is 4.98 Å². The SMILES string of the molecule is CSc1cc(Nc2cc(-c3cnc(C)cc3C(F)(F)F)nc(N3CCOCC3)n2)ccn1. The van der Waals surface area contributed by atoms with Crippen LogP contribution in [-0.4, -0.2) is 52.5 Å². The Bertz CT molecular complexity index is 1110. The summed E-state index contributed by atoms with van der Waals surface area (Å²) in [5.74, 6) is 0.713. The van der Waals surface area contributed by atoms with Gasteiger partial charge in [0.25, 0.3) is 0 Å². The van der Waals surface area contributed by atoms with Crippen LogP contribution >= 0.6 is 11.8 Å². The molecule has 0 amide bonds. The molecule has 4 heterocycles. The summed E-state index contributed by atoms with van der Waals surface area (Å²) in [7, 11) is 0. The maximum Gasteiger partial charge on any atom is 0.417 e. The lowest BCUT2D eigenvalue weighted by atomic mass is 10.1. The minimum atomic E-state index is -4.54. The number of nitrogens with zero attached hydrogens (tertiary/aromatic N) is 5. The van der Waals surface area contributed by atoms with Gasteiger partial charge in [0.2, 0.25) is 5.95 Å². The van der Waals surface area contributed by atoms with E-state index in [9.17, 15) is 13.2 Å². The number of nitrogens with one attached hydrogen (secondary N) is 1. The molecule has 32 heavy (non-hydrogen) atoms. The van der Waals surface area contributed by atoms with Gasteiger partial charge in [-0.05, 0) is 31.4 Å². The molecule has 11 heteroatoms. The minimum absolute atomic E-state index is 0.0948. The first-order valence-electron chi connectivity index (χ1n) is 9.86. The number of alkyl halides is 3. The number of ether oxygens (including phenoxy) is 1. The van der Waals surface area contributed by atoms with E-state index in [1.807, 2.05) is 17.2 Å². The van der Waals surface area contributed by atoms with Crippen LogP contribution in [0.1, 0.15) is 11.3 Å². The summed E-state index contributed by atoms with van der Waals surface area (Å²) in [6.07, 6.45) is 0.240. The summed E-state index contributed by atoms with van der Waals surface area (Å²) in [4.78, 5) is 19.2. The molecule has 0 aliphatic carbocycles. The van der Waals surface area contributed by atoms with Gasteiger partial charge in [0.05, 0.1) is 29.5 Å². The Labute approximate surface area is 187 Å². The molecule has 0 unspecified atom stereocenters. The van der Waals surface area contributed by atoms with Gasteiger partial charge in [-0.15, -0.1) is 11.8 Å². The predicted octanol–water partition coefficient (Wildman–Crippen LogP) is 4.56. The molecule has 0 radical (unpaired) electrons. The van der Waals surface area contributed by atoms with Crippen molar-refractivity contribution in [3.8, 4) is 11.3 Å². The third-order valence-corrected chi connectivity index (χ3v) is 5.49. The lowest BCUT2D eigenvalue weighted by Crippen LogP contribution is -2.37. The van der Waals surface area contributed by atoms with E-state index in [-0.39, 0.29) is 17.0 Å². The maximum atomic E-state index is 13.8. The number of pyridine rings is 2. The highest BCUT2D eigenvalue weighted by molar-refractivity contribution is 7.98. The van der Waals surface area contributed by atoms with Crippen LogP contribution in [0, 0.1) is 6.92 Å². The molecule has 0 atom stereocenters. The van der Waals surface area contributed by atoms with E-state index < -0.39 is 11.7 Å². The van der Waals surface area contributed by atoms with Crippen molar-refractivity contribution in [2.75, 3.05) is 42.8 Å². The normalized spacial score (nSPS) is 14.5. The van der Waals surface area contributed by atoms with Gasteiger partial charge in [-0.2, -0.15) is 18.2 Å². The molecule has 7 nitrogen and oxygen atoms in total. The summed E-state index contributed by atoms with van der Waals surface area (Å²) < 4.78 is 46.7. The minimum Gasteiger partial charge on any atom is -0.378 e. The fourth-order valence-electron chi connectivity index (χ4n) is 3.29. The second kappa shape index (κ2) is 9.29. The second-order valence-corrected chi connectivity index (χ2v) is 7.95. The van der Waals surface area contributed by atoms with Crippen LogP contribution in [-0.2, 0) is 10.9 Å². The number of hydrogen-bond donors (Lipinski definition) is 1. The largest absolute Gasteiger partial charge is 0.417 e. The summed E-state index contributed by atoms with van der Waals surface area (Å²) in [6.45, 7) is 3.62. The van der Waals surface area contributed by atoms with E-state index in [1.165, 1.54) is 30.9 Å². The molecule has 4 rings (SSSR count). The lowest BCUT2D eigenvalue weighted by molar-refractivity contribution is -0.137.